The van der Waals surface area contributed by atoms with Gasteiger partial charge in [-0.1, -0.05) is 0 Å². The molecule has 0 spiro atoms. The van der Waals surface area contributed by atoms with Gasteiger partial charge in [-0.25, -0.2) is 0 Å². The van der Waals surface area contributed by atoms with Crippen LogP contribution in [0.1, 0.15) is 25.7 Å². The molecule has 1 unspecified atom stereocenters. The molecule has 2 rings (SSSR count). The highest BCUT2D eigenvalue weighted by molar-refractivity contribution is 4.83. The molecule has 2 aliphatic rings. The Hall–Kier alpha value is -0.120. The standard InChI is InChI=1S/C12H25N3/c1-13-6-10-14-7-4-5-12(11-14)15-8-2-3-9-15/h12-13H,2-11H2,1H3. The van der Waals surface area contributed by atoms with Crippen LogP contribution in [0.2, 0.25) is 0 Å². The van der Waals surface area contributed by atoms with Gasteiger partial charge in [-0.2, -0.15) is 0 Å². The number of nitrogens with one attached hydrogen (secondary N) is 1. The highest BCUT2D eigenvalue weighted by Crippen LogP contribution is 2.19. The first-order valence-corrected chi connectivity index (χ1v) is 6.51. The van der Waals surface area contributed by atoms with E-state index in [1.54, 1.807) is 0 Å². The van der Waals surface area contributed by atoms with Crippen LogP contribution in [-0.4, -0.2) is 62.2 Å². The van der Waals surface area contributed by atoms with Crippen molar-refractivity contribution in [3.05, 3.63) is 0 Å². The van der Waals surface area contributed by atoms with Crippen molar-refractivity contribution in [1.29, 1.82) is 0 Å². The summed E-state index contributed by atoms with van der Waals surface area (Å²) in [6.45, 7) is 7.68. The van der Waals surface area contributed by atoms with Gasteiger partial charge >= 0.3 is 0 Å². The van der Waals surface area contributed by atoms with Crippen molar-refractivity contribution in [2.45, 2.75) is 31.7 Å². The highest BCUT2D eigenvalue weighted by Gasteiger charge is 2.26. The zero-order valence-corrected chi connectivity index (χ0v) is 10.0. The maximum atomic E-state index is 3.24. The molecule has 0 aromatic rings. The quantitative estimate of drug-likeness (QED) is 0.741. The lowest BCUT2D eigenvalue weighted by Crippen LogP contribution is -2.48. The predicted molar refractivity (Wildman–Crippen MR) is 64.2 cm³/mol. The Bertz CT molecular complexity index is 178. The lowest BCUT2D eigenvalue weighted by molar-refractivity contribution is 0.116. The molecule has 1 atom stereocenters. The normalized spacial score (nSPS) is 29.8. The summed E-state index contributed by atoms with van der Waals surface area (Å²) >= 11 is 0. The van der Waals surface area contributed by atoms with Gasteiger partial charge < -0.3 is 10.2 Å². The van der Waals surface area contributed by atoms with E-state index in [-0.39, 0.29) is 0 Å². The van der Waals surface area contributed by atoms with Gasteiger partial charge in [-0.05, 0) is 52.4 Å². The summed E-state index contributed by atoms with van der Waals surface area (Å²) in [6.07, 6.45) is 5.67. The fourth-order valence-electron chi connectivity index (χ4n) is 2.91. The smallest absolute Gasteiger partial charge is 0.0223 e. The molecule has 0 aromatic heterocycles. The van der Waals surface area contributed by atoms with Crippen molar-refractivity contribution < 1.29 is 0 Å². The molecule has 2 fully saturated rings. The Morgan fingerprint density at radius 3 is 2.67 bits per heavy atom. The summed E-state index contributed by atoms with van der Waals surface area (Å²) in [5.41, 5.74) is 0. The van der Waals surface area contributed by atoms with Crippen LogP contribution in [0.5, 0.6) is 0 Å². The molecule has 3 nitrogen and oxygen atoms in total. The second-order valence-corrected chi connectivity index (χ2v) is 4.94. The number of piperidine rings is 1. The van der Waals surface area contributed by atoms with Gasteiger partial charge in [0.15, 0.2) is 0 Å². The van der Waals surface area contributed by atoms with Crippen molar-refractivity contribution in [2.24, 2.45) is 0 Å². The molecule has 0 amide bonds. The highest BCUT2D eigenvalue weighted by atomic mass is 15.2. The molecule has 0 radical (unpaired) electrons. The monoisotopic (exact) mass is 211 g/mol. The van der Waals surface area contributed by atoms with E-state index >= 15 is 0 Å². The molecule has 15 heavy (non-hydrogen) atoms. The number of hydrogen-bond donors (Lipinski definition) is 1. The molecule has 2 saturated heterocycles. The van der Waals surface area contributed by atoms with Crippen molar-refractivity contribution >= 4 is 0 Å². The minimum Gasteiger partial charge on any atom is -0.318 e. The molecule has 0 bridgehead atoms. The topological polar surface area (TPSA) is 18.5 Å². The molecule has 2 aliphatic heterocycles. The van der Waals surface area contributed by atoms with E-state index in [2.05, 4.69) is 15.1 Å². The third kappa shape index (κ3) is 3.16. The van der Waals surface area contributed by atoms with Crippen molar-refractivity contribution in [2.75, 3.05) is 46.3 Å². The molecule has 1 N–H and O–H groups in total. The van der Waals surface area contributed by atoms with Gasteiger partial charge in [-0.15, -0.1) is 0 Å². The van der Waals surface area contributed by atoms with E-state index in [9.17, 15) is 0 Å². The Labute approximate surface area is 93.8 Å². The lowest BCUT2D eigenvalue weighted by atomic mass is 10.0. The Balaban J connectivity index is 1.75. The first-order valence-electron chi connectivity index (χ1n) is 6.51. The maximum Gasteiger partial charge on any atom is 0.0223 e. The number of nitrogens with zero attached hydrogens (tertiary/aromatic N) is 2. The van der Waals surface area contributed by atoms with Gasteiger partial charge in [0, 0.05) is 25.7 Å². The number of hydrogen-bond acceptors (Lipinski definition) is 3. The molecule has 0 saturated carbocycles. The average Bonchev–Trinajstić information content (AvgIpc) is 2.80. The molecular formula is C12H25N3. The van der Waals surface area contributed by atoms with Crippen LogP contribution in [-0.2, 0) is 0 Å². The second-order valence-electron chi connectivity index (χ2n) is 4.94. The van der Waals surface area contributed by atoms with Crippen LogP contribution in [0.15, 0.2) is 0 Å². The summed E-state index contributed by atoms with van der Waals surface area (Å²) in [5.74, 6) is 0. The van der Waals surface area contributed by atoms with Gasteiger partial charge in [0.05, 0.1) is 0 Å². The predicted octanol–water partition coefficient (Wildman–Crippen LogP) is 0.766. The van der Waals surface area contributed by atoms with Crippen LogP contribution in [0, 0.1) is 0 Å². The van der Waals surface area contributed by atoms with E-state index in [0.29, 0.717) is 0 Å². The summed E-state index contributed by atoms with van der Waals surface area (Å²) in [7, 11) is 2.04. The molecule has 2 heterocycles. The Kier molecular flexibility index (Phi) is 4.42. The zero-order valence-electron chi connectivity index (χ0n) is 10.0. The third-order valence-electron chi connectivity index (χ3n) is 3.82. The van der Waals surface area contributed by atoms with Crippen molar-refractivity contribution in [3.63, 3.8) is 0 Å². The van der Waals surface area contributed by atoms with Gasteiger partial charge in [0.25, 0.3) is 0 Å². The summed E-state index contributed by atoms with van der Waals surface area (Å²) in [4.78, 5) is 5.34. The Morgan fingerprint density at radius 2 is 1.93 bits per heavy atom. The van der Waals surface area contributed by atoms with Gasteiger partial charge in [0.1, 0.15) is 0 Å². The second kappa shape index (κ2) is 5.83. The first-order chi connectivity index (χ1) is 7.40. The summed E-state index contributed by atoms with van der Waals surface area (Å²) in [5, 5.41) is 3.24. The zero-order chi connectivity index (χ0) is 10.5. The van der Waals surface area contributed by atoms with E-state index in [1.165, 1.54) is 58.4 Å². The molecule has 88 valence electrons. The first kappa shape index (κ1) is 11.4. The largest absolute Gasteiger partial charge is 0.318 e. The lowest BCUT2D eigenvalue weighted by Gasteiger charge is -2.37. The third-order valence-corrected chi connectivity index (χ3v) is 3.82. The van der Waals surface area contributed by atoms with Crippen LogP contribution in [0.25, 0.3) is 0 Å². The van der Waals surface area contributed by atoms with Crippen LogP contribution in [0.4, 0.5) is 0 Å². The van der Waals surface area contributed by atoms with Crippen molar-refractivity contribution in [1.82, 2.24) is 15.1 Å². The van der Waals surface area contributed by atoms with Gasteiger partial charge in [-0.3, -0.25) is 4.90 Å². The van der Waals surface area contributed by atoms with E-state index in [1.807, 2.05) is 7.05 Å². The molecule has 0 aromatic carbocycles. The van der Waals surface area contributed by atoms with Crippen molar-refractivity contribution in [3.8, 4) is 0 Å². The summed E-state index contributed by atoms with van der Waals surface area (Å²) < 4.78 is 0. The van der Waals surface area contributed by atoms with E-state index in [0.717, 1.165) is 12.6 Å². The minimum atomic E-state index is 0.859. The fourth-order valence-corrected chi connectivity index (χ4v) is 2.91. The van der Waals surface area contributed by atoms with Crippen LogP contribution < -0.4 is 5.32 Å². The average molecular weight is 211 g/mol. The maximum absolute atomic E-state index is 3.24. The van der Waals surface area contributed by atoms with Crippen LogP contribution >= 0.6 is 0 Å². The summed E-state index contributed by atoms with van der Waals surface area (Å²) in [6, 6.07) is 0.859. The molecule has 0 aliphatic carbocycles. The number of likely N-dealkylation sites (N-methyl/N-ethyl adjacent to an activating group) is 1. The number of likely N-dealkylation sites (tertiary alicyclic amines) is 2. The van der Waals surface area contributed by atoms with Gasteiger partial charge in [0.2, 0.25) is 0 Å². The number of rotatable bonds is 4. The molecular weight excluding hydrogens is 186 g/mol. The SMILES string of the molecule is CNCCN1CCCC(N2CCCC2)C1. The minimum absolute atomic E-state index is 0.859. The fraction of sp³-hybridized carbons (Fsp3) is 1.00. The Morgan fingerprint density at radius 1 is 1.13 bits per heavy atom. The van der Waals surface area contributed by atoms with E-state index < -0.39 is 0 Å². The van der Waals surface area contributed by atoms with E-state index in [4.69, 9.17) is 0 Å². The van der Waals surface area contributed by atoms with Crippen LogP contribution in [0.3, 0.4) is 0 Å². The molecule has 3 heteroatoms.